The molecule has 4 rings (SSSR count). The van der Waals surface area contributed by atoms with Gasteiger partial charge < -0.3 is 5.21 Å². The van der Waals surface area contributed by atoms with E-state index in [4.69, 9.17) is 0 Å². The van der Waals surface area contributed by atoms with Crippen molar-refractivity contribution in [2.45, 2.75) is 38.3 Å². The number of rotatable bonds is 1. The third kappa shape index (κ3) is 1.71. The topological polar surface area (TPSA) is 35.8 Å². The second-order valence-electron chi connectivity index (χ2n) is 6.23. The number of oxime groups is 1. The van der Waals surface area contributed by atoms with E-state index >= 15 is 0 Å². The fourth-order valence-corrected chi connectivity index (χ4v) is 4.44. The quantitative estimate of drug-likeness (QED) is 0.619. The summed E-state index contributed by atoms with van der Waals surface area (Å²) in [6, 6.07) is 9.15. The van der Waals surface area contributed by atoms with Crippen molar-refractivity contribution in [2.24, 2.45) is 17.0 Å². The van der Waals surface area contributed by atoms with Crippen LogP contribution in [0.5, 0.6) is 0 Å². The Labute approximate surface area is 113 Å². The molecule has 1 N–H and O–H groups in total. The maximum atomic E-state index is 9.35. The van der Waals surface area contributed by atoms with Gasteiger partial charge in [-0.3, -0.25) is 4.90 Å². The molecule has 0 spiro atoms. The standard InChI is InChI=1S/C16H20N2O/c19-17-15-12-5-6-13(9-12)16(15)18-8-7-11-3-1-2-4-14(11)10-18/h1-4,12-13,16,19H,5-10H2/b17-15-/t12-,13-,16-/m0/s1. The third-order valence-corrected chi connectivity index (χ3v) is 5.31. The van der Waals surface area contributed by atoms with E-state index in [1.165, 1.54) is 30.4 Å². The first kappa shape index (κ1) is 11.5. The predicted octanol–water partition coefficient (Wildman–Crippen LogP) is 2.67. The lowest BCUT2D eigenvalue weighted by Gasteiger charge is -2.38. The van der Waals surface area contributed by atoms with Crippen molar-refractivity contribution in [1.82, 2.24) is 4.90 Å². The maximum absolute atomic E-state index is 9.35. The molecule has 0 aromatic heterocycles. The second kappa shape index (κ2) is 4.34. The monoisotopic (exact) mass is 256 g/mol. The van der Waals surface area contributed by atoms with Crippen LogP contribution in [0.4, 0.5) is 0 Å². The Hall–Kier alpha value is -1.35. The average molecular weight is 256 g/mol. The van der Waals surface area contributed by atoms with Crippen molar-refractivity contribution in [3.63, 3.8) is 0 Å². The molecule has 3 aliphatic rings. The Kier molecular flexibility index (Phi) is 2.62. The first-order valence-electron chi connectivity index (χ1n) is 7.39. The minimum absolute atomic E-state index is 0.400. The van der Waals surface area contributed by atoms with Crippen molar-refractivity contribution in [3.8, 4) is 0 Å². The molecule has 0 radical (unpaired) electrons. The predicted molar refractivity (Wildman–Crippen MR) is 74.4 cm³/mol. The van der Waals surface area contributed by atoms with Crippen LogP contribution in [-0.2, 0) is 13.0 Å². The molecule has 1 heterocycles. The van der Waals surface area contributed by atoms with Crippen LogP contribution in [0, 0.1) is 11.8 Å². The van der Waals surface area contributed by atoms with E-state index in [2.05, 4.69) is 34.3 Å². The molecule has 2 aliphatic carbocycles. The van der Waals surface area contributed by atoms with Gasteiger partial charge in [0.05, 0.1) is 11.8 Å². The van der Waals surface area contributed by atoms with Gasteiger partial charge >= 0.3 is 0 Å². The van der Waals surface area contributed by atoms with Crippen molar-refractivity contribution >= 4 is 5.71 Å². The zero-order chi connectivity index (χ0) is 12.8. The van der Waals surface area contributed by atoms with Crippen molar-refractivity contribution < 1.29 is 5.21 Å². The summed E-state index contributed by atoms with van der Waals surface area (Å²) >= 11 is 0. The summed E-state index contributed by atoms with van der Waals surface area (Å²) in [6.07, 6.45) is 4.91. The first-order valence-corrected chi connectivity index (χ1v) is 7.39. The van der Waals surface area contributed by atoms with E-state index < -0.39 is 0 Å². The minimum Gasteiger partial charge on any atom is -0.411 e. The minimum atomic E-state index is 0.400. The van der Waals surface area contributed by atoms with Crippen LogP contribution in [-0.4, -0.2) is 28.4 Å². The zero-order valence-electron chi connectivity index (χ0n) is 11.1. The molecule has 1 aromatic rings. The Morgan fingerprint density at radius 2 is 2.00 bits per heavy atom. The molecule has 3 heteroatoms. The smallest absolute Gasteiger partial charge is 0.0775 e. The molecule has 0 saturated heterocycles. The van der Waals surface area contributed by atoms with Gasteiger partial charge in [-0.25, -0.2) is 0 Å². The maximum Gasteiger partial charge on any atom is 0.0775 e. The summed E-state index contributed by atoms with van der Waals surface area (Å²) in [5.41, 5.74) is 4.01. The van der Waals surface area contributed by atoms with Crippen LogP contribution in [0.2, 0.25) is 0 Å². The van der Waals surface area contributed by atoms with Gasteiger partial charge in [0, 0.05) is 19.0 Å². The van der Waals surface area contributed by atoms with Crippen LogP contribution in [0.1, 0.15) is 30.4 Å². The van der Waals surface area contributed by atoms with Gasteiger partial charge in [-0.1, -0.05) is 29.4 Å². The highest BCUT2D eigenvalue weighted by molar-refractivity contribution is 5.94. The molecule has 3 atom stereocenters. The second-order valence-corrected chi connectivity index (χ2v) is 6.23. The highest BCUT2D eigenvalue weighted by Gasteiger charge is 2.48. The molecule has 1 aromatic carbocycles. The molecule has 3 nitrogen and oxygen atoms in total. The van der Waals surface area contributed by atoms with Crippen LogP contribution in [0.3, 0.4) is 0 Å². The highest BCUT2D eigenvalue weighted by Crippen LogP contribution is 2.45. The molecular weight excluding hydrogens is 236 g/mol. The fraction of sp³-hybridized carbons (Fsp3) is 0.562. The van der Waals surface area contributed by atoms with E-state index in [0.29, 0.717) is 12.0 Å². The largest absolute Gasteiger partial charge is 0.411 e. The summed E-state index contributed by atoms with van der Waals surface area (Å²) in [6.45, 7) is 2.12. The van der Waals surface area contributed by atoms with Gasteiger partial charge in [0.25, 0.3) is 0 Å². The number of fused-ring (bicyclic) bond motifs is 3. The summed E-state index contributed by atoms with van der Waals surface area (Å²) in [4.78, 5) is 2.54. The summed E-state index contributed by atoms with van der Waals surface area (Å²) in [7, 11) is 0. The lowest BCUT2D eigenvalue weighted by Crippen LogP contribution is -2.47. The van der Waals surface area contributed by atoms with E-state index in [9.17, 15) is 5.21 Å². The molecule has 0 amide bonds. The van der Waals surface area contributed by atoms with E-state index in [1.807, 2.05) is 0 Å². The van der Waals surface area contributed by atoms with Crippen LogP contribution >= 0.6 is 0 Å². The summed E-state index contributed by atoms with van der Waals surface area (Å²) < 4.78 is 0. The molecule has 2 fully saturated rings. The zero-order valence-corrected chi connectivity index (χ0v) is 11.1. The summed E-state index contributed by atoms with van der Waals surface area (Å²) in [5, 5.41) is 13.0. The van der Waals surface area contributed by atoms with Gasteiger partial charge in [-0.05, 0) is 42.7 Å². The number of hydrogen-bond acceptors (Lipinski definition) is 3. The van der Waals surface area contributed by atoms with Crippen LogP contribution in [0.15, 0.2) is 29.4 Å². The highest BCUT2D eigenvalue weighted by atomic mass is 16.4. The average Bonchev–Trinajstić information content (AvgIpc) is 3.07. The fourth-order valence-electron chi connectivity index (χ4n) is 4.44. The first-order chi connectivity index (χ1) is 9.36. The Bertz CT molecular complexity index is 525. The lowest BCUT2D eigenvalue weighted by atomic mass is 9.89. The Balaban J connectivity index is 1.61. The van der Waals surface area contributed by atoms with Gasteiger partial charge in [0.2, 0.25) is 0 Å². The van der Waals surface area contributed by atoms with Gasteiger partial charge in [-0.2, -0.15) is 0 Å². The lowest BCUT2D eigenvalue weighted by molar-refractivity contribution is 0.175. The Morgan fingerprint density at radius 3 is 2.84 bits per heavy atom. The van der Waals surface area contributed by atoms with Crippen molar-refractivity contribution in [1.29, 1.82) is 0 Å². The summed E-state index contributed by atoms with van der Waals surface area (Å²) in [5.74, 6) is 1.28. The molecular formula is C16H20N2O. The number of nitrogens with zero attached hydrogens (tertiary/aromatic N) is 2. The number of benzene rings is 1. The SMILES string of the molecule is O/N=C1/[C@H]2CC[C@@H](C2)[C@@H]1N1CCc2ccccc2C1. The molecule has 0 unspecified atom stereocenters. The van der Waals surface area contributed by atoms with Gasteiger partial charge in [-0.15, -0.1) is 0 Å². The molecule has 1 aliphatic heterocycles. The van der Waals surface area contributed by atoms with Crippen molar-refractivity contribution in [2.75, 3.05) is 6.54 Å². The van der Waals surface area contributed by atoms with Crippen molar-refractivity contribution in [3.05, 3.63) is 35.4 Å². The molecule has 19 heavy (non-hydrogen) atoms. The number of hydrogen-bond donors (Lipinski definition) is 1. The Morgan fingerprint density at radius 1 is 1.16 bits per heavy atom. The van der Waals surface area contributed by atoms with Gasteiger partial charge in [0.1, 0.15) is 0 Å². The van der Waals surface area contributed by atoms with E-state index in [0.717, 1.165) is 31.1 Å². The molecule has 100 valence electrons. The van der Waals surface area contributed by atoms with Gasteiger partial charge in [0.15, 0.2) is 0 Å². The van der Waals surface area contributed by atoms with Crippen LogP contribution < -0.4 is 0 Å². The van der Waals surface area contributed by atoms with Crippen LogP contribution in [0.25, 0.3) is 0 Å². The molecule has 2 bridgehead atoms. The van der Waals surface area contributed by atoms with E-state index in [1.54, 1.807) is 0 Å². The van der Waals surface area contributed by atoms with E-state index in [-0.39, 0.29) is 0 Å². The normalized spacial score (nSPS) is 35.8. The molecule has 2 saturated carbocycles. The third-order valence-electron chi connectivity index (χ3n) is 5.31.